The molecular formula is C50H66N8O6. The van der Waals surface area contributed by atoms with Crippen LogP contribution >= 0.6 is 0 Å². The number of amides is 6. The number of hydrogen-bond donors (Lipinski definition) is 6. The molecular weight excluding hydrogens is 809 g/mol. The number of likely N-dealkylation sites (tertiary alicyclic amines) is 2. The van der Waals surface area contributed by atoms with Crippen LogP contribution in [-0.2, 0) is 41.6 Å². The van der Waals surface area contributed by atoms with Crippen LogP contribution in [0.2, 0.25) is 0 Å². The maximum Gasteiger partial charge on any atom is 0.245 e. The van der Waals surface area contributed by atoms with Crippen molar-refractivity contribution in [2.24, 2.45) is 0 Å². The molecule has 6 amide bonds. The van der Waals surface area contributed by atoms with Crippen LogP contribution in [0.3, 0.4) is 0 Å². The monoisotopic (exact) mass is 875 g/mol. The van der Waals surface area contributed by atoms with Gasteiger partial charge < -0.3 is 41.7 Å². The van der Waals surface area contributed by atoms with Gasteiger partial charge in [-0.05, 0) is 151 Å². The molecule has 2 aliphatic heterocycles. The summed E-state index contributed by atoms with van der Waals surface area (Å²) in [6.45, 7) is 7.76. The molecule has 2 fully saturated rings. The Labute approximate surface area is 377 Å². The Morgan fingerprint density at radius 1 is 0.516 bits per heavy atom. The molecule has 0 aromatic heterocycles. The predicted octanol–water partition coefficient (Wildman–Crippen LogP) is 4.22. The standard InChI is InChI=1S/C50H66N8O6/c1-29(51-5)45(59)53-31(3)49(63)57-27-11-21-43(57)47(61)55-41-19-9-15-37-35(13-7-17-39(37)41)33-23-25-34(26-24-33)36-14-8-18-40-38(36)16-10-20-42(40)56-48(62)44-22-12-28-58(44)50(64)32(4)54-46(60)30(2)52-6/h7-8,13-14,17-18,23-26,29-32,41-44,51-52H,9-12,15-16,19-22,27-28H2,1-6H3,(H,53,59)(H,54,60)(H,55,61)(H,56,62)/t29-,30-,31-,32-,41+,42+,43-,44-/m0/s1. The number of carbonyl (C=O) groups is 6. The Bertz CT molecular complexity index is 2070. The van der Waals surface area contributed by atoms with E-state index in [0.29, 0.717) is 25.9 Å². The van der Waals surface area contributed by atoms with Crippen molar-refractivity contribution >= 4 is 35.4 Å². The van der Waals surface area contributed by atoms with Gasteiger partial charge in [-0.2, -0.15) is 0 Å². The predicted molar refractivity (Wildman–Crippen MR) is 247 cm³/mol. The number of carbonyl (C=O) groups excluding carboxylic acids is 6. The molecule has 0 spiro atoms. The van der Waals surface area contributed by atoms with Crippen LogP contribution in [0.4, 0.5) is 0 Å². The molecule has 7 rings (SSSR count). The van der Waals surface area contributed by atoms with Crippen molar-refractivity contribution in [2.75, 3.05) is 27.2 Å². The fourth-order valence-electron chi connectivity index (χ4n) is 10.1. The zero-order valence-corrected chi connectivity index (χ0v) is 38.2. The van der Waals surface area contributed by atoms with E-state index in [4.69, 9.17) is 0 Å². The molecule has 0 unspecified atom stereocenters. The van der Waals surface area contributed by atoms with Crippen molar-refractivity contribution in [2.45, 2.75) is 140 Å². The third-order valence-corrected chi connectivity index (χ3v) is 13.9. The Kier molecular flexibility index (Phi) is 14.9. The minimum Gasteiger partial charge on any atom is -0.347 e. The van der Waals surface area contributed by atoms with Crippen LogP contribution in [0.15, 0.2) is 60.7 Å². The van der Waals surface area contributed by atoms with E-state index >= 15 is 0 Å². The maximum absolute atomic E-state index is 13.9. The van der Waals surface area contributed by atoms with Gasteiger partial charge in [-0.25, -0.2) is 0 Å². The second-order valence-corrected chi connectivity index (χ2v) is 18.1. The van der Waals surface area contributed by atoms with Crippen LogP contribution in [0.1, 0.15) is 113 Å². The van der Waals surface area contributed by atoms with Crippen LogP contribution in [0, 0.1) is 0 Å². The molecule has 2 heterocycles. The molecule has 3 aromatic rings. The molecule has 3 aromatic carbocycles. The summed E-state index contributed by atoms with van der Waals surface area (Å²) in [5.74, 6) is -1.33. The van der Waals surface area contributed by atoms with Crippen LogP contribution in [-0.4, -0.2) is 109 Å². The summed E-state index contributed by atoms with van der Waals surface area (Å²) < 4.78 is 0. The lowest BCUT2D eigenvalue weighted by Gasteiger charge is -2.32. The third-order valence-electron chi connectivity index (χ3n) is 13.9. The highest BCUT2D eigenvalue weighted by molar-refractivity contribution is 5.94. The molecule has 0 saturated carbocycles. The summed E-state index contributed by atoms with van der Waals surface area (Å²) in [7, 11) is 3.38. The van der Waals surface area contributed by atoms with Gasteiger partial charge in [-0.15, -0.1) is 0 Å². The number of nitrogens with one attached hydrogen (secondary N) is 6. The molecule has 4 aliphatic rings. The molecule has 6 N–H and O–H groups in total. The van der Waals surface area contributed by atoms with Crippen molar-refractivity contribution in [3.8, 4) is 22.3 Å². The Balaban J connectivity index is 1.02. The van der Waals surface area contributed by atoms with Crippen molar-refractivity contribution in [1.29, 1.82) is 0 Å². The molecule has 14 nitrogen and oxygen atoms in total. The molecule has 64 heavy (non-hydrogen) atoms. The second-order valence-electron chi connectivity index (χ2n) is 18.1. The van der Waals surface area contributed by atoms with Gasteiger partial charge in [0, 0.05) is 13.1 Å². The lowest BCUT2D eigenvalue weighted by molar-refractivity contribution is -0.141. The van der Waals surface area contributed by atoms with Crippen LogP contribution in [0.5, 0.6) is 0 Å². The molecule has 342 valence electrons. The molecule has 0 radical (unpaired) electrons. The second kappa shape index (κ2) is 20.5. The van der Waals surface area contributed by atoms with Gasteiger partial charge in [0.1, 0.15) is 24.2 Å². The first-order valence-corrected chi connectivity index (χ1v) is 23.3. The summed E-state index contributed by atoms with van der Waals surface area (Å²) in [4.78, 5) is 82.8. The van der Waals surface area contributed by atoms with Gasteiger partial charge >= 0.3 is 0 Å². The summed E-state index contributed by atoms with van der Waals surface area (Å²) in [5, 5.41) is 18.0. The van der Waals surface area contributed by atoms with Crippen LogP contribution < -0.4 is 31.9 Å². The van der Waals surface area contributed by atoms with E-state index in [1.807, 2.05) is 0 Å². The lowest BCUT2D eigenvalue weighted by atomic mass is 9.81. The van der Waals surface area contributed by atoms with Gasteiger partial charge in [0.25, 0.3) is 0 Å². The average molecular weight is 875 g/mol. The number of nitrogens with zero attached hydrogens (tertiary/aromatic N) is 2. The van der Waals surface area contributed by atoms with Crippen molar-refractivity contribution in [3.05, 3.63) is 82.9 Å². The highest BCUT2D eigenvalue weighted by Crippen LogP contribution is 2.40. The number of benzene rings is 3. The Hall–Kier alpha value is -5.60. The third kappa shape index (κ3) is 9.87. The number of rotatable bonds is 14. The number of likely N-dealkylation sites (N-methyl/N-ethyl adjacent to an activating group) is 2. The molecule has 0 bridgehead atoms. The van der Waals surface area contributed by atoms with Gasteiger partial charge in [0.2, 0.25) is 35.4 Å². The first-order valence-electron chi connectivity index (χ1n) is 23.3. The highest BCUT2D eigenvalue weighted by Gasteiger charge is 2.40. The van der Waals surface area contributed by atoms with E-state index in [9.17, 15) is 28.8 Å². The van der Waals surface area contributed by atoms with Gasteiger partial charge in [0.05, 0.1) is 24.2 Å². The zero-order valence-electron chi connectivity index (χ0n) is 38.2. The summed E-state index contributed by atoms with van der Waals surface area (Å²) >= 11 is 0. The van der Waals surface area contributed by atoms with E-state index in [-0.39, 0.29) is 47.5 Å². The van der Waals surface area contributed by atoms with E-state index in [1.165, 1.54) is 11.1 Å². The lowest BCUT2D eigenvalue weighted by Crippen LogP contribution is -2.54. The fourth-order valence-corrected chi connectivity index (χ4v) is 10.1. The van der Waals surface area contributed by atoms with Gasteiger partial charge in [-0.1, -0.05) is 60.7 Å². The zero-order chi connectivity index (χ0) is 45.7. The minimum absolute atomic E-state index is 0.156. The van der Waals surface area contributed by atoms with E-state index in [1.54, 1.807) is 51.6 Å². The normalized spacial score (nSPS) is 22.3. The summed E-state index contributed by atoms with van der Waals surface area (Å²) in [5.41, 5.74) is 9.14. The van der Waals surface area contributed by atoms with E-state index < -0.39 is 36.3 Å². The topological polar surface area (TPSA) is 181 Å². The average Bonchev–Trinajstić information content (AvgIpc) is 4.02. The summed E-state index contributed by atoms with van der Waals surface area (Å²) in [6.07, 6.45) is 7.87. The quantitative estimate of drug-likeness (QED) is 0.139. The smallest absolute Gasteiger partial charge is 0.245 e. The van der Waals surface area contributed by atoms with Crippen molar-refractivity contribution < 1.29 is 28.8 Å². The first-order chi connectivity index (χ1) is 30.8. The fraction of sp³-hybridized carbons (Fsp3) is 0.520. The van der Waals surface area contributed by atoms with E-state index in [0.717, 1.165) is 84.7 Å². The molecule has 2 saturated heterocycles. The molecule has 14 heteroatoms. The van der Waals surface area contributed by atoms with E-state index in [2.05, 4.69) is 92.6 Å². The SMILES string of the molecule is CN[C@@H](C)C(=O)N[C@@H](C)C(=O)N1CCC[C@H]1C(=O)N[C@@H]1CCCc2c(-c3ccc(-c4cccc5c4CCC[C@H]5NC(=O)[C@@H]4CCCN4C(=O)[C@H](C)NC(=O)[C@H](C)NC)cc3)cccc21. The Morgan fingerprint density at radius 2 is 0.906 bits per heavy atom. The largest absolute Gasteiger partial charge is 0.347 e. The van der Waals surface area contributed by atoms with Gasteiger partial charge in [-0.3, -0.25) is 28.8 Å². The van der Waals surface area contributed by atoms with Crippen LogP contribution in [0.25, 0.3) is 22.3 Å². The van der Waals surface area contributed by atoms with Crippen molar-refractivity contribution in [1.82, 2.24) is 41.7 Å². The molecule has 2 aliphatic carbocycles. The highest BCUT2D eigenvalue weighted by atomic mass is 16.2. The van der Waals surface area contributed by atoms with Gasteiger partial charge in [0.15, 0.2) is 0 Å². The number of hydrogen-bond acceptors (Lipinski definition) is 8. The Morgan fingerprint density at radius 3 is 1.28 bits per heavy atom. The number of fused-ring (bicyclic) bond motifs is 2. The molecule has 8 atom stereocenters. The summed E-state index contributed by atoms with van der Waals surface area (Å²) in [6, 6.07) is 17.4. The first kappa shape index (κ1) is 46.4. The minimum atomic E-state index is -0.740. The van der Waals surface area contributed by atoms with Crippen molar-refractivity contribution in [3.63, 3.8) is 0 Å². The maximum atomic E-state index is 13.9.